The van der Waals surface area contributed by atoms with E-state index in [1.807, 2.05) is 11.3 Å². The lowest BCUT2D eigenvalue weighted by Gasteiger charge is -2.18. The maximum absolute atomic E-state index is 3.77. The van der Waals surface area contributed by atoms with Gasteiger partial charge < -0.3 is 5.32 Å². The fourth-order valence-electron chi connectivity index (χ4n) is 2.47. The first-order valence-electron chi connectivity index (χ1n) is 6.30. The van der Waals surface area contributed by atoms with Crippen LogP contribution in [0.25, 0.3) is 0 Å². The highest BCUT2D eigenvalue weighted by atomic mass is 79.9. The van der Waals surface area contributed by atoms with Gasteiger partial charge >= 0.3 is 0 Å². The molecule has 3 unspecified atom stereocenters. The lowest BCUT2D eigenvalue weighted by molar-refractivity contribution is 0.466. The lowest BCUT2D eigenvalue weighted by atomic mass is 10.2. The van der Waals surface area contributed by atoms with Crippen molar-refractivity contribution >= 4 is 39.0 Å². The minimum absolute atomic E-state index is 0.488. The Bertz CT molecular complexity index is 353. The van der Waals surface area contributed by atoms with Crippen LogP contribution in [-0.4, -0.2) is 17.0 Å². The van der Waals surface area contributed by atoms with Gasteiger partial charge in [0.1, 0.15) is 0 Å². The summed E-state index contributed by atoms with van der Waals surface area (Å²) in [5.41, 5.74) is 0. The van der Waals surface area contributed by atoms with Gasteiger partial charge in [-0.25, -0.2) is 0 Å². The maximum Gasteiger partial charge on any atom is 0.0388 e. The molecule has 0 aliphatic heterocycles. The van der Waals surface area contributed by atoms with Crippen molar-refractivity contribution in [3.63, 3.8) is 0 Å². The van der Waals surface area contributed by atoms with Gasteiger partial charge in [-0.2, -0.15) is 11.8 Å². The smallest absolute Gasteiger partial charge is 0.0388 e. The summed E-state index contributed by atoms with van der Waals surface area (Å²) in [6.07, 6.45) is 4.07. The van der Waals surface area contributed by atoms with Crippen LogP contribution in [0.3, 0.4) is 0 Å². The first kappa shape index (κ1) is 13.9. The molecule has 3 atom stereocenters. The molecular formula is C13H20BrNS2. The van der Waals surface area contributed by atoms with Gasteiger partial charge in [0.25, 0.3) is 0 Å². The van der Waals surface area contributed by atoms with Crippen molar-refractivity contribution in [2.45, 2.75) is 50.4 Å². The predicted octanol–water partition coefficient (Wildman–Crippen LogP) is 4.84. The van der Waals surface area contributed by atoms with Crippen LogP contribution in [0.2, 0.25) is 0 Å². The van der Waals surface area contributed by atoms with E-state index in [-0.39, 0.29) is 0 Å². The normalized spacial score (nSPS) is 26.3. The monoisotopic (exact) mass is 333 g/mol. The topological polar surface area (TPSA) is 12.0 Å². The lowest BCUT2D eigenvalue weighted by Crippen LogP contribution is -2.29. The molecule has 0 radical (unpaired) electrons. The number of rotatable bonds is 5. The Balaban J connectivity index is 1.82. The zero-order valence-electron chi connectivity index (χ0n) is 10.4. The predicted molar refractivity (Wildman–Crippen MR) is 83.1 cm³/mol. The fraction of sp³-hybridized carbons (Fsp3) is 0.692. The Kier molecular flexibility index (Phi) is 5.40. The second kappa shape index (κ2) is 6.60. The summed E-state index contributed by atoms with van der Waals surface area (Å²) in [4.78, 5) is 1.43. The van der Waals surface area contributed by atoms with E-state index in [9.17, 15) is 0 Å². The van der Waals surface area contributed by atoms with E-state index in [4.69, 9.17) is 0 Å². The Morgan fingerprint density at radius 3 is 3.06 bits per heavy atom. The molecule has 4 heteroatoms. The highest BCUT2D eigenvalue weighted by Gasteiger charge is 2.25. The summed E-state index contributed by atoms with van der Waals surface area (Å²) in [7, 11) is 0. The molecule has 1 aromatic heterocycles. The second-order valence-corrected chi connectivity index (χ2v) is 8.08. The molecule has 1 aliphatic carbocycles. The quantitative estimate of drug-likeness (QED) is 0.827. The maximum atomic E-state index is 3.77. The average Bonchev–Trinajstić information content (AvgIpc) is 2.88. The summed E-state index contributed by atoms with van der Waals surface area (Å²) >= 11 is 7.48. The minimum Gasteiger partial charge on any atom is -0.307 e. The van der Waals surface area contributed by atoms with Gasteiger partial charge in [0.15, 0.2) is 0 Å². The van der Waals surface area contributed by atoms with E-state index in [0.29, 0.717) is 6.04 Å². The van der Waals surface area contributed by atoms with Crippen molar-refractivity contribution in [3.8, 4) is 0 Å². The molecule has 1 heterocycles. The minimum atomic E-state index is 0.488. The van der Waals surface area contributed by atoms with Crippen molar-refractivity contribution in [1.29, 1.82) is 0 Å². The van der Waals surface area contributed by atoms with E-state index in [0.717, 1.165) is 11.3 Å². The van der Waals surface area contributed by atoms with Crippen LogP contribution in [0.4, 0.5) is 0 Å². The van der Waals surface area contributed by atoms with Crippen molar-refractivity contribution < 1.29 is 0 Å². The fourth-order valence-corrected chi connectivity index (χ4v) is 5.07. The summed E-state index contributed by atoms with van der Waals surface area (Å²) < 4.78 is 1.21. The van der Waals surface area contributed by atoms with Crippen molar-refractivity contribution in [2.24, 2.45) is 0 Å². The number of thiophene rings is 1. The number of halogens is 1. The van der Waals surface area contributed by atoms with Gasteiger partial charge in [-0.05, 0) is 53.9 Å². The summed E-state index contributed by atoms with van der Waals surface area (Å²) in [6, 6.07) is 3.44. The molecule has 2 rings (SSSR count). The van der Waals surface area contributed by atoms with E-state index in [1.54, 1.807) is 0 Å². The standard InChI is InChI=1S/C13H20BrNS2/c1-3-16-12-5-4-11(7-12)15-9(2)13-6-10(14)8-17-13/h6,8-9,11-12,15H,3-5,7H2,1-2H3. The molecule has 0 bridgehead atoms. The molecule has 1 saturated carbocycles. The molecule has 0 aromatic carbocycles. The van der Waals surface area contributed by atoms with Crippen molar-refractivity contribution in [3.05, 3.63) is 20.8 Å². The van der Waals surface area contributed by atoms with Gasteiger partial charge in [-0.1, -0.05) is 6.92 Å². The number of thioether (sulfide) groups is 1. The van der Waals surface area contributed by atoms with Crippen molar-refractivity contribution in [1.82, 2.24) is 5.32 Å². The van der Waals surface area contributed by atoms with E-state index >= 15 is 0 Å². The summed E-state index contributed by atoms with van der Waals surface area (Å²) in [5.74, 6) is 1.25. The van der Waals surface area contributed by atoms with Crippen LogP contribution in [0.1, 0.15) is 44.0 Å². The zero-order valence-corrected chi connectivity index (χ0v) is 13.6. The molecule has 17 heavy (non-hydrogen) atoms. The van der Waals surface area contributed by atoms with Crippen LogP contribution in [0.5, 0.6) is 0 Å². The molecule has 96 valence electrons. The molecule has 1 N–H and O–H groups in total. The molecular weight excluding hydrogens is 314 g/mol. The molecule has 1 aliphatic rings. The number of nitrogens with one attached hydrogen (secondary N) is 1. The van der Waals surface area contributed by atoms with Gasteiger partial charge in [0.2, 0.25) is 0 Å². The Labute approximate surface area is 121 Å². The van der Waals surface area contributed by atoms with Gasteiger partial charge in [0, 0.05) is 32.1 Å². The molecule has 0 amide bonds. The van der Waals surface area contributed by atoms with E-state index in [1.165, 1.54) is 34.4 Å². The van der Waals surface area contributed by atoms with E-state index in [2.05, 4.69) is 58.3 Å². The van der Waals surface area contributed by atoms with Gasteiger partial charge in [-0.15, -0.1) is 11.3 Å². The van der Waals surface area contributed by atoms with Crippen LogP contribution in [0, 0.1) is 0 Å². The highest BCUT2D eigenvalue weighted by Crippen LogP contribution is 2.32. The molecule has 1 fully saturated rings. The third-order valence-corrected chi connectivity index (χ3v) is 6.40. The van der Waals surface area contributed by atoms with Gasteiger partial charge in [-0.3, -0.25) is 0 Å². The van der Waals surface area contributed by atoms with Crippen LogP contribution < -0.4 is 5.32 Å². The van der Waals surface area contributed by atoms with Crippen molar-refractivity contribution in [2.75, 3.05) is 5.75 Å². The second-order valence-electron chi connectivity index (χ2n) is 4.64. The highest BCUT2D eigenvalue weighted by molar-refractivity contribution is 9.10. The molecule has 1 aromatic rings. The number of hydrogen-bond donors (Lipinski definition) is 1. The van der Waals surface area contributed by atoms with Crippen LogP contribution in [0.15, 0.2) is 15.9 Å². The van der Waals surface area contributed by atoms with Crippen LogP contribution in [-0.2, 0) is 0 Å². The summed E-state index contributed by atoms with van der Waals surface area (Å²) in [5, 5.41) is 6.83. The zero-order chi connectivity index (χ0) is 12.3. The Morgan fingerprint density at radius 1 is 1.59 bits per heavy atom. The molecule has 0 spiro atoms. The first-order valence-corrected chi connectivity index (χ1v) is 9.02. The Hall–Kier alpha value is 0.490. The largest absolute Gasteiger partial charge is 0.307 e. The van der Waals surface area contributed by atoms with Gasteiger partial charge in [0.05, 0.1) is 0 Å². The molecule has 1 nitrogen and oxygen atoms in total. The van der Waals surface area contributed by atoms with E-state index < -0.39 is 0 Å². The average molecular weight is 334 g/mol. The summed E-state index contributed by atoms with van der Waals surface area (Å²) in [6.45, 7) is 4.54. The number of hydrogen-bond acceptors (Lipinski definition) is 3. The third-order valence-electron chi connectivity index (χ3n) is 3.29. The van der Waals surface area contributed by atoms with Crippen LogP contribution >= 0.6 is 39.0 Å². The SMILES string of the molecule is CCSC1CCC(NC(C)c2cc(Br)cs2)C1. The Morgan fingerprint density at radius 2 is 2.41 bits per heavy atom. The first-order chi connectivity index (χ1) is 8.19. The third kappa shape index (κ3) is 3.98. The molecule has 0 saturated heterocycles.